The van der Waals surface area contributed by atoms with Crippen LogP contribution in [-0.2, 0) is 0 Å². The molecule has 1 atom stereocenters. The summed E-state index contributed by atoms with van der Waals surface area (Å²) in [6.45, 7) is 0.644. The standard InChI is InChI=1S/C24H21FN4O/c1-28(16-4-15-26)19-11-7-17(8-12-19)23-27-22-6-3-2-5-21(22)24(30)29(23)20-13-9-18(25)10-14-20/h2-3,5-14,23,27H,4,16H2,1H3/t23-/m0/s1. The van der Waals surface area contributed by atoms with Gasteiger partial charge in [-0.05, 0) is 54.1 Å². The summed E-state index contributed by atoms with van der Waals surface area (Å²) in [5.74, 6) is -0.492. The first-order valence-electron chi connectivity index (χ1n) is 9.71. The largest absolute Gasteiger partial charge is 0.374 e. The van der Waals surface area contributed by atoms with E-state index in [4.69, 9.17) is 5.26 Å². The molecule has 0 aliphatic carbocycles. The average molecular weight is 400 g/mol. The first-order valence-corrected chi connectivity index (χ1v) is 9.71. The number of nitrogens with one attached hydrogen (secondary N) is 1. The van der Waals surface area contributed by atoms with Crippen LogP contribution in [0.3, 0.4) is 0 Å². The summed E-state index contributed by atoms with van der Waals surface area (Å²) in [7, 11) is 1.94. The van der Waals surface area contributed by atoms with E-state index in [1.165, 1.54) is 12.1 Å². The van der Waals surface area contributed by atoms with Crippen LogP contribution in [-0.4, -0.2) is 19.5 Å². The van der Waals surface area contributed by atoms with E-state index in [-0.39, 0.29) is 11.7 Å². The number of carbonyl (C=O) groups is 1. The summed E-state index contributed by atoms with van der Waals surface area (Å²) in [5.41, 5.74) is 3.85. The molecule has 1 amide bonds. The summed E-state index contributed by atoms with van der Waals surface area (Å²) >= 11 is 0. The minimum atomic E-state index is -0.434. The van der Waals surface area contributed by atoms with Gasteiger partial charge in [-0.1, -0.05) is 24.3 Å². The Balaban J connectivity index is 1.71. The highest BCUT2D eigenvalue weighted by atomic mass is 19.1. The van der Waals surface area contributed by atoms with E-state index in [1.54, 1.807) is 23.1 Å². The van der Waals surface area contributed by atoms with Crippen molar-refractivity contribution < 1.29 is 9.18 Å². The van der Waals surface area contributed by atoms with Crippen molar-refractivity contribution in [1.29, 1.82) is 5.26 Å². The van der Waals surface area contributed by atoms with Crippen LogP contribution >= 0.6 is 0 Å². The molecule has 0 saturated heterocycles. The second-order valence-corrected chi connectivity index (χ2v) is 7.17. The zero-order valence-corrected chi connectivity index (χ0v) is 16.5. The van der Waals surface area contributed by atoms with Gasteiger partial charge in [-0.15, -0.1) is 0 Å². The highest BCUT2D eigenvalue weighted by molar-refractivity contribution is 6.12. The van der Waals surface area contributed by atoms with E-state index < -0.39 is 6.17 Å². The van der Waals surface area contributed by atoms with Crippen molar-refractivity contribution >= 4 is 23.0 Å². The fourth-order valence-corrected chi connectivity index (χ4v) is 3.61. The highest BCUT2D eigenvalue weighted by Crippen LogP contribution is 2.37. The zero-order valence-electron chi connectivity index (χ0n) is 16.5. The van der Waals surface area contributed by atoms with Gasteiger partial charge in [0.15, 0.2) is 0 Å². The second-order valence-electron chi connectivity index (χ2n) is 7.17. The lowest BCUT2D eigenvalue weighted by Crippen LogP contribution is -2.43. The highest BCUT2D eigenvalue weighted by Gasteiger charge is 2.34. The molecule has 3 aromatic carbocycles. The number of amides is 1. The van der Waals surface area contributed by atoms with Gasteiger partial charge in [-0.2, -0.15) is 5.26 Å². The predicted octanol–water partition coefficient (Wildman–Crippen LogP) is 4.95. The summed E-state index contributed by atoms with van der Waals surface area (Å²) < 4.78 is 13.5. The van der Waals surface area contributed by atoms with Crippen molar-refractivity contribution in [3.63, 3.8) is 0 Å². The maximum absolute atomic E-state index is 13.5. The molecule has 150 valence electrons. The molecule has 1 N–H and O–H groups in total. The maximum atomic E-state index is 13.5. The number of carbonyl (C=O) groups excluding carboxylic acids is 1. The van der Waals surface area contributed by atoms with Crippen LogP contribution in [0.4, 0.5) is 21.5 Å². The fourth-order valence-electron chi connectivity index (χ4n) is 3.61. The number of para-hydroxylation sites is 1. The Morgan fingerprint density at radius 2 is 1.77 bits per heavy atom. The van der Waals surface area contributed by atoms with Crippen molar-refractivity contribution in [2.24, 2.45) is 0 Å². The topological polar surface area (TPSA) is 59.4 Å². The third kappa shape index (κ3) is 3.70. The SMILES string of the molecule is CN(CCC#N)c1ccc([C@H]2Nc3ccccc3C(=O)N2c2ccc(F)cc2)cc1. The zero-order chi connectivity index (χ0) is 21.1. The van der Waals surface area contributed by atoms with E-state index >= 15 is 0 Å². The number of nitriles is 1. The Kier molecular flexibility index (Phi) is 5.36. The summed E-state index contributed by atoms with van der Waals surface area (Å²) in [6, 6.07) is 23.3. The lowest BCUT2D eigenvalue weighted by molar-refractivity contribution is 0.0975. The Hall–Kier alpha value is -3.85. The van der Waals surface area contributed by atoms with E-state index in [2.05, 4.69) is 11.4 Å². The molecule has 0 unspecified atom stereocenters. The van der Waals surface area contributed by atoms with Gasteiger partial charge in [0.1, 0.15) is 12.0 Å². The minimum Gasteiger partial charge on any atom is -0.374 e. The summed E-state index contributed by atoms with van der Waals surface area (Å²) in [6.07, 6.45) is 0.0165. The molecule has 5 nitrogen and oxygen atoms in total. The van der Waals surface area contributed by atoms with Crippen LogP contribution in [0.2, 0.25) is 0 Å². The molecule has 0 saturated carbocycles. The van der Waals surface area contributed by atoms with E-state index in [1.807, 2.05) is 54.4 Å². The lowest BCUT2D eigenvalue weighted by Gasteiger charge is -2.38. The Bertz CT molecular complexity index is 1090. The van der Waals surface area contributed by atoms with Crippen molar-refractivity contribution in [3.05, 3.63) is 89.7 Å². The number of anilines is 3. The van der Waals surface area contributed by atoms with Gasteiger partial charge in [0, 0.05) is 30.7 Å². The predicted molar refractivity (Wildman–Crippen MR) is 116 cm³/mol. The molecule has 0 spiro atoms. The van der Waals surface area contributed by atoms with Crippen LogP contribution in [0.15, 0.2) is 72.8 Å². The van der Waals surface area contributed by atoms with E-state index in [0.717, 1.165) is 16.9 Å². The van der Waals surface area contributed by atoms with Gasteiger partial charge >= 0.3 is 0 Å². The number of fused-ring (bicyclic) bond motifs is 1. The molecule has 1 aliphatic rings. The number of halogens is 1. The third-order valence-corrected chi connectivity index (χ3v) is 5.24. The smallest absolute Gasteiger partial charge is 0.262 e. The van der Waals surface area contributed by atoms with Gasteiger partial charge in [-0.3, -0.25) is 9.69 Å². The van der Waals surface area contributed by atoms with Gasteiger partial charge in [-0.25, -0.2) is 4.39 Å². The van der Waals surface area contributed by atoms with Gasteiger partial charge in [0.05, 0.1) is 18.1 Å². The Labute approximate surface area is 175 Å². The molecule has 30 heavy (non-hydrogen) atoms. The third-order valence-electron chi connectivity index (χ3n) is 5.24. The molecule has 1 heterocycles. The number of rotatable bonds is 5. The molecule has 4 rings (SSSR count). The van der Waals surface area contributed by atoms with Gasteiger partial charge in [0.2, 0.25) is 0 Å². The Morgan fingerprint density at radius 1 is 1.07 bits per heavy atom. The van der Waals surface area contributed by atoms with Crippen LogP contribution in [0.1, 0.15) is 28.5 Å². The molecular weight excluding hydrogens is 379 g/mol. The van der Waals surface area contributed by atoms with Crippen molar-refractivity contribution in [1.82, 2.24) is 0 Å². The number of hydrogen-bond donors (Lipinski definition) is 1. The molecule has 3 aromatic rings. The van der Waals surface area contributed by atoms with Crippen LogP contribution in [0.25, 0.3) is 0 Å². The number of benzene rings is 3. The van der Waals surface area contributed by atoms with Crippen LogP contribution < -0.4 is 15.1 Å². The minimum absolute atomic E-state index is 0.142. The molecular formula is C24H21FN4O. The second kappa shape index (κ2) is 8.26. The van der Waals surface area contributed by atoms with Crippen LogP contribution in [0, 0.1) is 17.1 Å². The van der Waals surface area contributed by atoms with E-state index in [9.17, 15) is 9.18 Å². The molecule has 0 radical (unpaired) electrons. The number of nitrogens with zero attached hydrogens (tertiary/aromatic N) is 3. The lowest BCUT2D eigenvalue weighted by atomic mass is 10.0. The first-order chi connectivity index (χ1) is 14.6. The molecule has 0 bridgehead atoms. The molecule has 0 fully saturated rings. The van der Waals surface area contributed by atoms with Gasteiger partial charge < -0.3 is 10.2 Å². The maximum Gasteiger partial charge on any atom is 0.262 e. The fraction of sp³-hybridized carbons (Fsp3) is 0.167. The quantitative estimate of drug-likeness (QED) is 0.659. The van der Waals surface area contributed by atoms with Crippen molar-refractivity contribution in [3.8, 4) is 6.07 Å². The molecule has 6 heteroatoms. The number of hydrogen-bond acceptors (Lipinski definition) is 4. The molecule has 0 aromatic heterocycles. The molecule has 1 aliphatic heterocycles. The van der Waals surface area contributed by atoms with Gasteiger partial charge in [0.25, 0.3) is 5.91 Å². The Morgan fingerprint density at radius 3 is 2.47 bits per heavy atom. The van der Waals surface area contributed by atoms with E-state index in [0.29, 0.717) is 24.2 Å². The van der Waals surface area contributed by atoms with Crippen molar-refractivity contribution in [2.45, 2.75) is 12.6 Å². The van der Waals surface area contributed by atoms with Crippen LogP contribution in [0.5, 0.6) is 0 Å². The first kappa shape index (κ1) is 19.5. The normalized spacial score (nSPS) is 15.2. The monoisotopic (exact) mass is 400 g/mol. The average Bonchev–Trinajstić information content (AvgIpc) is 2.78. The summed E-state index contributed by atoms with van der Waals surface area (Å²) in [4.78, 5) is 17.0. The summed E-state index contributed by atoms with van der Waals surface area (Å²) in [5, 5.41) is 12.2. The van der Waals surface area contributed by atoms with Crippen molar-refractivity contribution in [2.75, 3.05) is 28.7 Å².